The normalized spacial score (nSPS) is 20.5. The first-order valence-corrected chi connectivity index (χ1v) is 6.82. The maximum absolute atomic E-state index is 11.9. The molecule has 0 radical (unpaired) electrons. The van der Waals surface area contributed by atoms with Crippen LogP contribution in [0.3, 0.4) is 0 Å². The Bertz CT molecular complexity index is 411. The van der Waals surface area contributed by atoms with Crippen LogP contribution in [0.5, 0.6) is 0 Å². The Morgan fingerprint density at radius 2 is 1.94 bits per heavy atom. The number of hydrogen-bond donors (Lipinski definition) is 0. The molecule has 1 aromatic rings. The standard InChI is InChI=1S/C14H18BrNO/c1-14(2)13(17)4-3-9-16(14)10-11-5-7-12(15)8-6-11/h5-8H,3-4,9-10H2,1-2H3. The van der Waals surface area contributed by atoms with Crippen LogP contribution in [-0.2, 0) is 11.3 Å². The van der Waals surface area contributed by atoms with Crippen LogP contribution in [0.2, 0.25) is 0 Å². The number of likely N-dealkylation sites (tertiary alicyclic amines) is 1. The Morgan fingerprint density at radius 1 is 1.29 bits per heavy atom. The van der Waals surface area contributed by atoms with Crippen LogP contribution in [0, 0.1) is 0 Å². The first-order chi connectivity index (χ1) is 8.00. The second-order valence-electron chi connectivity index (χ2n) is 5.13. The summed E-state index contributed by atoms with van der Waals surface area (Å²) in [5, 5.41) is 0. The summed E-state index contributed by atoms with van der Waals surface area (Å²) in [6.07, 6.45) is 1.71. The Hall–Kier alpha value is -0.670. The molecule has 0 amide bonds. The molecule has 0 aliphatic carbocycles. The van der Waals surface area contributed by atoms with Gasteiger partial charge in [0, 0.05) is 17.4 Å². The van der Waals surface area contributed by atoms with Gasteiger partial charge < -0.3 is 0 Å². The van der Waals surface area contributed by atoms with Gasteiger partial charge in [0.05, 0.1) is 5.54 Å². The second kappa shape index (κ2) is 4.91. The van der Waals surface area contributed by atoms with E-state index in [4.69, 9.17) is 0 Å². The van der Waals surface area contributed by atoms with E-state index in [0.717, 1.165) is 30.4 Å². The summed E-state index contributed by atoms with van der Waals surface area (Å²) in [5.41, 5.74) is 0.946. The van der Waals surface area contributed by atoms with Gasteiger partial charge in [0.15, 0.2) is 5.78 Å². The Balaban J connectivity index is 2.12. The van der Waals surface area contributed by atoms with Crippen molar-refractivity contribution in [3.05, 3.63) is 34.3 Å². The Morgan fingerprint density at radius 3 is 2.59 bits per heavy atom. The lowest BCUT2D eigenvalue weighted by atomic mass is 9.88. The van der Waals surface area contributed by atoms with E-state index >= 15 is 0 Å². The lowest BCUT2D eigenvalue weighted by Gasteiger charge is -2.41. The summed E-state index contributed by atoms with van der Waals surface area (Å²) in [7, 11) is 0. The lowest BCUT2D eigenvalue weighted by molar-refractivity contribution is -0.133. The van der Waals surface area contributed by atoms with E-state index in [0.29, 0.717) is 5.78 Å². The van der Waals surface area contributed by atoms with Gasteiger partial charge in [-0.05, 0) is 44.5 Å². The maximum atomic E-state index is 11.9. The second-order valence-corrected chi connectivity index (χ2v) is 6.05. The summed E-state index contributed by atoms with van der Waals surface area (Å²) >= 11 is 3.43. The largest absolute Gasteiger partial charge is 0.298 e. The van der Waals surface area contributed by atoms with E-state index in [2.05, 4.69) is 33.0 Å². The number of hydrogen-bond acceptors (Lipinski definition) is 2. The van der Waals surface area contributed by atoms with E-state index in [9.17, 15) is 4.79 Å². The average Bonchev–Trinajstić information content (AvgIpc) is 2.28. The number of piperidine rings is 1. The summed E-state index contributed by atoms with van der Waals surface area (Å²) in [6.45, 7) is 5.93. The van der Waals surface area contributed by atoms with Crippen LogP contribution in [0.15, 0.2) is 28.7 Å². The summed E-state index contributed by atoms with van der Waals surface area (Å²) < 4.78 is 1.09. The minimum absolute atomic E-state index is 0.314. The fraction of sp³-hybridized carbons (Fsp3) is 0.500. The number of carbonyl (C=O) groups excluding carboxylic acids is 1. The predicted octanol–water partition coefficient (Wildman–Crippen LogP) is 3.39. The third-order valence-electron chi connectivity index (χ3n) is 3.59. The molecule has 1 aromatic carbocycles. The molecule has 0 bridgehead atoms. The molecule has 0 N–H and O–H groups in total. The molecule has 1 saturated heterocycles. The van der Waals surface area contributed by atoms with Crippen LogP contribution in [0.25, 0.3) is 0 Å². The fourth-order valence-corrected chi connectivity index (χ4v) is 2.54. The van der Waals surface area contributed by atoms with Crippen LogP contribution < -0.4 is 0 Å². The number of benzene rings is 1. The minimum Gasteiger partial charge on any atom is -0.298 e. The van der Waals surface area contributed by atoms with Crippen molar-refractivity contribution < 1.29 is 4.79 Å². The predicted molar refractivity (Wildman–Crippen MR) is 72.9 cm³/mol. The van der Waals surface area contributed by atoms with Gasteiger partial charge in [-0.2, -0.15) is 0 Å². The van der Waals surface area contributed by atoms with Crippen molar-refractivity contribution in [3.8, 4) is 0 Å². The lowest BCUT2D eigenvalue weighted by Crippen LogP contribution is -2.53. The van der Waals surface area contributed by atoms with Gasteiger partial charge in [-0.3, -0.25) is 9.69 Å². The molecule has 2 rings (SSSR count). The van der Waals surface area contributed by atoms with E-state index in [-0.39, 0.29) is 5.54 Å². The van der Waals surface area contributed by atoms with Crippen LogP contribution in [-0.4, -0.2) is 22.8 Å². The molecule has 1 aliphatic heterocycles. The molecular weight excluding hydrogens is 278 g/mol. The third-order valence-corrected chi connectivity index (χ3v) is 4.12. The van der Waals surface area contributed by atoms with Crippen molar-refractivity contribution in [2.45, 2.75) is 38.8 Å². The molecule has 3 heteroatoms. The first kappa shape index (κ1) is 12.8. The number of nitrogens with zero attached hydrogens (tertiary/aromatic N) is 1. The van der Waals surface area contributed by atoms with Crippen molar-refractivity contribution in [3.63, 3.8) is 0 Å². The number of carbonyl (C=O) groups is 1. The van der Waals surface area contributed by atoms with Crippen molar-refractivity contribution in [2.75, 3.05) is 6.54 Å². The van der Waals surface area contributed by atoms with Gasteiger partial charge >= 0.3 is 0 Å². The Labute approximate surface area is 111 Å². The van der Waals surface area contributed by atoms with E-state index in [1.54, 1.807) is 0 Å². The van der Waals surface area contributed by atoms with Gasteiger partial charge in [0.25, 0.3) is 0 Å². The summed E-state index contributed by atoms with van der Waals surface area (Å²) in [6, 6.07) is 8.32. The number of halogens is 1. The highest BCUT2D eigenvalue weighted by molar-refractivity contribution is 9.10. The highest BCUT2D eigenvalue weighted by atomic mass is 79.9. The maximum Gasteiger partial charge on any atom is 0.152 e. The summed E-state index contributed by atoms with van der Waals surface area (Å²) in [5.74, 6) is 0.362. The molecule has 92 valence electrons. The molecule has 1 aliphatic rings. The van der Waals surface area contributed by atoms with Crippen molar-refractivity contribution >= 4 is 21.7 Å². The van der Waals surface area contributed by atoms with Gasteiger partial charge in [-0.15, -0.1) is 0 Å². The average molecular weight is 296 g/mol. The fourth-order valence-electron chi connectivity index (χ4n) is 2.28. The third kappa shape index (κ3) is 2.78. The molecule has 1 fully saturated rings. The van der Waals surface area contributed by atoms with Crippen LogP contribution >= 0.6 is 15.9 Å². The highest BCUT2D eigenvalue weighted by Crippen LogP contribution is 2.26. The molecule has 17 heavy (non-hydrogen) atoms. The number of Topliss-reactive ketones (excluding diaryl/α,β-unsaturated/α-hetero) is 1. The molecule has 0 spiro atoms. The molecule has 0 aromatic heterocycles. The van der Waals surface area contributed by atoms with Crippen LogP contribution in [0.1, 0.15) is 32.3 Å². The molecule has 0 saturated carbocycles. The smallest absolute Gasteiger partial charge is 0.152 e. The van der Waals surface area contributed by atoms with Gasteiger partial charge in [-0.1, -0.05) is 28.1 Å². The Kier molecular flexibility index (Phi) is 3.69. The minimum atomic E-state index is -0.314. The first-order valence-electron chi connectivity index (χ1n) is 6.03. The van der Waals surface area contributed by atoms with E-state index in [1.807, 2.05) is 26.0 Å². The zero-order valence-corrected chi connectivity index (χ0v) is 12.0. The quantitative estimate of drug-likeness (QED) is 0.833. The molecule has 2 nitrogen and oxygen atoms in total. The molecular formula is C14H18BrNO. The number of rotatable bonds is 2. The molecule has 1 heterocycles. The van der Waals surface area contributed by atoms with E-state index in [1.165, 1.54) is 5.56 Å². The van der Waals surface area contributed by atoms with Gasteiger partial charge in [0.2, 0.25) is 0 Å². The van der Waals surface area contributed by atoms with Crippen LogP contribution in [0.4, 0.5) is 0 Å². The highest BCUT2D eigenvalue weighted by Gasteiger charge is 2.36. The van der Waals surface area contributed by atoms with E-state index < -0.39 is 0 Å². The molecule has 0 unspecified atom stereocenters. The van der Waals surface area contributed by atoms with Gasteiger partial charge in [0.1, 0.15) is 0 Å². The number of ketones is 1. The summed E-state index contributed by atoms with van der Waals surface area (Å²) in [4.78, 5) is 14.2. The topological polar surface area (TPSA) is 20.3 Å². The van der Waals surface area contributed by atoms with Gasteiger partial charge in [-0.25, -0.2) is 0 Å². The molecule has 0 atom stereocenters. The van der Waals surface area contributed by atoms with Crippen molar-refractivity contribution in [2.24, 2.45) is 0 Å². The monoisotopic (exact) mass is 295 g/mol. The SMILES string of the molecule is CC1(C)C(=O)CCCN1Cc1ccc(Br)cc1. The van der Waals surface area contributed by atoms with Crippen molar-refractivity contribution in [1.82, 2.24) is 4.90 Å². The van der Waals surface area contributed by atoms with Crippen molar-refractivity contribution in [1.29, 1.82) is 0 Å². The zero-order chi connectivity index (χ0) is 12.5. The zero-order valence-electron chi connectivity index (χ0n) is 10.4.